The number of carbonyl (C=O) groups excluding carboxylic acids is 2. The SMILES string of the molecule is Cc1ccc(Br)cc1NC(=O)CCNC(=O)C1CSCN1. The molecule has 1 fully saturated rings. The second-order valence-electron chi connectivity index (χ2n) is 4.82. The minimum absolute atomic E-state index is 0.0357. The summed E-state index contributed by atoms with van der Waals surface area (Å²) < 4.78 is 0.918. The molecule has 114 valence electrons. The summed E-state index contributed by atoms with van der Waals surface area (Å²) in [6.45, 7) is 2.29. The van der Waals surface area contributed by atoms with Crippen molar-refractivity contribution in [2.24, 2.45) is 0 Å². The summed E-state index contributed by atoms with van der Waals surface area (Å²) in [6, 6.07) is 5.60. The molecule has 3 N–H and O–H groups in total. The van der Waals surface area contributed by atoms with E-state index in [9.17, 15) is 9.59 Å². The van der Waals surface area contributed by atoms with Gasteiger partial charge in [0.15, 0.2) is 0 Å². The van der Waals surface area contributed by atoms with E-state index >= 15 is 0 Å². The number of benzene rings is 1. The first-order valence-electron chi connectivity index (χ1n) is 6.71. The van der Waals surface area contributed by atoms with Crippen molar-refractivity contribution >= 4 is 45.2 Å². The summed E-state index contributed by atoms with van der Waals surface area (Å²) in [5.74, 6) is 1.45. The van der Waals surface area contributed by atoms with Crippen LogP contribution in [0.15, 0.2) is 22.7 Å². The molecule has 0 bridgehead atoms. The molecule has 1 aliphatic rings. The second kappa shape index (κ2) is 7.82. The lowest BCUT2D eigenvalue weighted by Crippen LogP contribution is -2.42. The predicted molar refractivity (Wildman–Crippen MR) is 89.4 cm³/mol. The average Bonchev–Trinajstić information content (AvgIpc) is 2.97. The number of carbonyl (C=O) groups is 2. The molecule has 7 heteroatoms. The smallest absolute Gasteiger partial charge is 0.238 e. The number of amides is 2. The van der Waals surface area contributed by atoms with Gasteiger partial charge < -0.3 is 10.6 Å². The van der Waals surface area contributed by atoms with Crippen LogP contribution in [0.4, 0.5) is 5.69 Å². The van der Waals surface area contributed by atoms with Gasteiger partial charge in [-0.05, 0) is 24.6 Å². The average molecular weight is 372 g/mol. The van der Waals surface area contributed by atoms with Gasteiger partial charge in [0.25, 0.3) is 0 Å². The van der Waals surface area contributed by atoms with Crippen molar-refractivity contribution in [3.63, 3.8) is 0 Å². The van der Waals surface area contributed by atoms with E-state index in [2.05, 4.69) is 31.9 Å². The van der Waals surface area contributed by atoms with Gasteiger partial charge in [0.2, 0.25) is 11.8 Å². The molecule has 21 heavy (non-hydrogen) atoms. The first-order valence-corrected chi connectivity index (χ1v) is 8.66. The van der Waals surface area contributed by atoms with Gasteiger partial charge in [0.05, 0.1) is 6.04 Å². The Labute approximate surface area is 136 Å². The van der Waals surface area contributed by atoms with E-state index in [0.717, 1.165) is 27.4 Å². The maximum absolute atomic E-state index is 11.9. The van der Waals surface area contributed by atoms with Crippen LogP contribution in [0.3, 0.4) is 0 Å². The number of thioether (sulfide) groups is 1. The van der Waals surface area contributed by atoms with E-state index < -0.39 is 0 Å². The van der Waals surface area contributed by atoms with Crippen LogP contribution in [0.25, 0.3) is 0 Å². The predicted octanol–water partition coefficient (Wildman–Crippen LogP) is 1.86. The Morgan fingerprint density at radius 2 is 2.29 bits per heavy atom. The molecule has 1 heterocycles. The molecular formula is C14H18BrN3O2S. The lowest BCUT2D eigenvalue weighted by atomic mass is 10.2. The van der Waals surface area contributed by atoms with Crippen LogP contribution >= 0.6 is 27.7 Å². The molecule has 1 atom stereocenters. The van der Waals surface area contributed by atoms with E-state index in [4.69, 9.17) is 0 Å². The summed E-state index contributed by atoms with van der Waals surface area (Å²) in [5.41, 5.74) is 1.79. The quantitative estimate of drug-likeness (QED) is 0.738. The highest BCUT2D eigenvalue weighted by Crippen LogP contribution is 2.20. The van der Waals surface area contributed by atoms with Gasteiger partial charge in [-0.2, -0.15) is 0 Å². The number of aryl methyl sites for hydroxylation is 1. The topological polar surface area (TPSA) is 70.2 Å². The Morgan fingerprint density at radius 1 is 1.48 bits per heavy atom. The molecule has 2 rings (SSSR count). The first-order chi connectivity index (χ1) is 10.1. The molecule has 1 aromatic carbocycles. The first kappa shape index (κ1) is 16.3. The number of rotatable bonds is 5. The zero-order chi connectivity index (χ0) is 15.2. The van der Waals surface area contributed by atoms with Crippen molar-refractivity contribution in [3.8, 4) is 0 Å². The van der Waals surface area contributed by atoms with E-state index in [-0.39, 0.29) is 24.3 Å². The van der Waals surface area contributed by atoms with E-state index in [1.165, 1.54) is 0 Å². The zero-order valence-corrected chi connectivity index (χ0v) is 14.1. The molecule has 5 nitrogen and oxygen atoms in total. The lowest BCUT2D eigenvalue weighted by molar-refractivity contribution is -0.122. The molecule has 1 unspecified atom stereocenters. The van der Waals surface area contributed by atoms with Crippen molar-refractivity contribution in [3.05, 3.63) is 28.2 Å². The zero-order valence-electron chi connectivity index (χ0n) is 11.7. The Bertz CT molecular complexity index is 533. The normalized spacial score (nSPS) is 17.5. The Balaban J connectivity index is 1.74. The fraction of sp³-hybridized carbons (Fsp3) is 0.429. The van der Waals surface area contributed by atoms with Crippen molar-refractivity contribution < 1.29 is 9.59 Å². The maximum atomic E-state index is 11.9. The van der Waals surface area contributed by atoms with Crippen molar-refractivity contribution in [1.29, 1.82) is 0 Å². The third kappa shape index (κ3) is 5.01. The summed E-state index contributed by atoms with van der Waals surface area (Å²) in [7, 11) is 0. The lowest BCUT2D eigenvalue weighted by Gasteiger charge is -2.11. The van der Waals surface area contributed by atoms with Gasteiger partial charge >= 0.3 is 0 Å². The van der Waals surface area contributed by atoms with Gasteiger partial charge in [-0.15, -0.1) is 11.8 Å². The largest absolute Gasteiger partial charge is 0.354 e. The van der Waals surface area contributed by atoms with Crippen LogP contribution < -0.4 is 16.0 Å². The molecule has 0 saturated carbocycles. The number of nitrogens with one attached hydrogen (secondary N) is 3. The highest BCUT2D eigenvalue weighted by atomic mass is 79.9. The molecule has 2 amide bonds. The van der Waals surface area contributed by atoms with Crippen LogP contribution in [-0.4, -0.2) is 36.0 Å². The van der Waals surface area contributed by atoms with Crippen molar-refractivity contribution in [2.45, 2.75) is 19.4 Å². The number of hydrogen-bond donors (Lipinski definition) is 3. The Kier molecular flexibility index (Phi) is 6.08. The summed E-state index contributed by atoms with van der Waals surface area (Å²) in [5, 5.41) is 8.73. The fourth-order valence-corrected chi connectivity index (χ4v) is 3.23. The minimum Gasteiger partial charge on any atom is -0.354 e. The molecular weight excluding hydrogens is 354 g/mol. The standard InChI is InChI=1S/C14H18BrN3O2S/c1-9-2-3-10(15)6-11(9)18-13(19)4-5-16-14(20)12-7-21-8-17-12/h2-3,6,12,17H,4-5,7-8H2,1H3,(H,16,20)(H,18,19). The third-order valence-electron chi connectivity index (χ3n) is 3.16. The van der Waals surface area contributed by atoms with Crippen LogP contribution in [0.5, 0.6) is 0 Å². The van der Waals surface area contributed by atoms with E-state index in [0.29, 0.717) is 6.54 Å². The summed E-state index contributed by atoms with van der Waals surface area (Å²) >= 11 is 5.08. The van der Waals surface area contributed by atoms with Crippen LogP contribution in [0, 0.1) is 6.92 Å². The number of anilines is 1. The summed E-state index contributed by atoms with van der Waals surface area (Å²) in [6.07, 6.45) is 0.261. The maximum Gasteiger partial charge on any atom is 0.238 e. The van der Waals surface area contributed by atoms with Gasteiger partial charge in [-0.3, -0.25) is 14.9 Å². The highest BCUT2D eigenvalue weighted by molar-refractivity contribution is 9.10. The number of hydrogen-bond acceptors (Lipinski definition) is 4. The van der Waals surface area contributed by atoms with Crippen molar-refractivity contribution in [2.75, 3.05) is 23.5 Å². The van der Waals surface area contributed by atoms with E-state index in [1.807, 2.05) is 25.1 Å². The molecule has 1 aromatic rings. The van der Waals surface area contributed by atoms with Gasteiger partial charge in [-0.1, -0.05) is 22.0 Å². The molecule has 0 spiro atoms. The van der Waals surface area contributed by atoms with Crippen LogP contribution in [-0.2, 0) is 9.59 Å². The second-order valence-corrected chi connectivity index (χ2v) is 6.77. The minimum atomic E-state index is -0.134. The monoisotopic (exact) mass is 371 g/mol. The molecule has 0 aliphatic carbocycles. The van der Waals surface area contributed by atoms with Crippen LogP contribution in [0.1, 0.15) is 12.0 Å². The summed E-state index contributed by atoms with van der Waals surface area (Å²) in [4.78, 5) is 23.6. The van der Waals surface area contributed by atoms with Crippen molar-refractivity contribution in [1.82, 2.24) is 10.6 Å². The van der Waals surface area contributed by atoms with Crippen LogP contribution in [0.2, 0.25) is 0 Å². The Hall–Kier alpha value is -1.05. The van der Waals surface area contributed by atoms with Gasteiger partial charge in [0, 0.05) is 34.8 Å². The third-order valence-corrected chi connectivity index (χ3v) is 4.59. The molecule has 0 aromatic heterocycles. The number of halogens is 1. The van der Waals surface area contributed by atoms with E-state index in [1.54, 1.807) is 11.8 Å². The molecule has 0 radical (unpaired) electrons. The highest BCUT2D eigenvalue weighted by Gasteiger charge is 2.21. The molecule has 1 aliphatic heterocycles. The fourth-order valence-electron chi connectivity index (χ4n) is 1.93. The Morgan fingerprint density at radius 3 is 3.00 bits per heavy atom. The molecule has 1 saturated heterocycles. The van der Waals surface area contributed by atoms with Gasteiger partial charge in [-0.25, -0.2) is 0 Å². The van der Waals surface area contributed by atoms with Gasteiger partial charge in [0.1, 0.15) is 0 Å².